The molecule has 4 aromatic rings. The maximum absolute atomic E-state index is 5.13. The smallest absolute Gasteiger partial charge is 0.162 e. The first kappa shape index (κ1) is 18.9. The molecule has 1 aliphatic rings. The van der Waals surface area contributed by atoms with Crippen molar-refractivity contribution in [2.24, 2.45) is 0 Å². The molecule has 1 saturated heterocycles. The first-order valence-corrected chi connectivity index (χ1v) is 10.7. The number of hydrogen-bond donors (Lipinski definition) is 2. The van der Waals surface area contributed by atoms with Crippen molar-refractivity contribution >= 4 is 27.8 Å². The van der Waals surface area contributed by atoms with Gasteiger partial charge in [-0.2, -0.15) is 0 Å². The lowest BCUT2D eigenvalue weighted by Crippen LogP contribution is -2.22. The molecule has 4 heterocycles. The van der Waals surface area contributed by atoms with Gasteiger partial charge in [0.2, 0.25) is 0 Å². The molecular weight excluding hydrogens is 374 g/mol. The highest BCUT2D eigenvalue weighted by molar-refractivity contribution is 5.88. The van der Waals surface area contributed by atoms with E-state index in [2.05, 4.69) is 68.3 Å². The predicted octanol–water partition coefficient (Wildman–Crippen LogP) is 4.02. The second-order valence-electron chi connectivity index (χ2n) is 8.15. The zero-order valence-corrected chi connectivity index (χ0v) is 17.5. The number of H-pyrrole nitrogens is 1. The van der Waals surface area contributed by atoms with E-state index in [0.717, 1.165) is 35.6 Å². The van der Waals surface area contributed by atoms with Crippen LogP contribution in [0.25, 0.3) is 21.9 Å². The van der Waals surface area contributed by atoms with Gasteiger partial charge in [0.1, 0.15) is 11.8 Å². The monoisotopic (exact) mass is 401 g/mol. The van der Waals surface area contributed by atoms with E-state index in [1.165, 1.54) is 48.0 Å². The van der Waals surface area contributed by atoms with Crippen LogP contribution in [0.4, 0.5) is 5.82 Å². The summed E-state index contributed by atoms with van der Waals surface area (Å²) in [5, 5.41) is 6.03. The van der Waals surface area contributed by atoms with Crippen molar-refractivity contribution in [3.63, 3.8) is 0 Å². The molecule has 7 nitrogen and oxygen atoms in total. The van der Waals surface area contributed by atoms with Crippen LogP contribution in [0, 0.1) is 6.92 Å². The molecule has 1 fully saturated rings. The van der Waals surface area contributed by atoms with Crippen LogP contribution in [-0.4, -0.2) is 49.5 Å². The lowest BCUT2D eigenvalue weighted by atomic mass is 10.0. The molecule has 3 aromatic heterocycles. The number of pyridine rings is 1. The zero-order valence-electron chi connectivity index (χ0n) is 17.5. The van der Waals surface area contributed by atoms with Crippen LogP contribution in [0.3, 0.4) is 0 Å². The quantitative estimate of drug-likeness (QED) is 0.508. The van der Waals surface area contributed by atoms with Gasteiger partial charge in [-0.25, -0.2) is 15.0 Å². The second-order valence-corrected chi connectivity index (χ2v) is 8.15. The Kier molecular flexibility index (Phi) is 5.04. The van der Waals surface area contributed by atoms with Gasteiger partial charge in [0, 0.05) is 18.4 Å². The van der Waals surface area contributed by atoms with Crippen molar-refractivity contribution in [1.82, 2.24) is 29.8 Å². The first-order chi connectivity index (χ1) is 14.7. The lowest BCUT2D eigenvalue weighted by Gasteiger charge is -2.19. The van der Waals surface area contributed by atoms with Crippen molar-refractivity contribution in [2.45, 2.75) is 39.2 Å². The number of nitrogens with one attached hydrogen (secondary N) is 2. The average Bonchev–Trinajstić information content (AvgIpc) is 3.44. The maximum Gasteiger partial charge on any atom is 0.162 e. The summed E-state index contributed by atoms with van der Waals surface area (Å²) >= 11 is 0. The Hall–Kier alpha value is -3.06. The van der Waals surface area contributed by atoms with E-state index >= 15 is 0 Å². The van der Waals surface area contributed by atoms with Gasteiger partial charge >= 0.3 is 0 Å². The molecular formula is C23H27N7. The summed E-state index contributed by atoms with van der Waals surface area (Å²) in [5.74, 6) is 0.721. The van der Waals surface area contributed by atoms with Gasteiger partial charge in [-0.3, -0.25) is 4.98 Å². The molecule has 154 valence electrons. The van der Waals surface area contributed by atoms with E-state index < -0.39 is 0 Å². The van der Waals surface area contributed by atoms with Crippen molar-refractivity contribution in [1.29, 1.82) is 0 Å². The van der Waals surface area contributed by atoms with Crippen LogP contribution in [0.5, 0.6) is 0 Å². The molecule has 0 amide bonds. The molecule has 0 spiro atoms. The predicted molar refractivity (Wildman–Crippen MR) is 120 cm³/mol. The number of likely N-dealkylation sites (tertiary alicyclic amines) is 1. The molecule has 1 unspecified atom stereocenters. The summed E-state index contributed by atoms with van der Waals surface area (Å²) in [5.41, 5.74) is 4.97. The molecule has 1 aromatic carbocycles. The number of rotatable bonds is 6. The van der Waals surface area contributed by atoms with Crippen molar-refractivity contribution in [2.75, 3.05) is 25.0 Å². The highest BCUT2D eigenvalue weighted by atomic mass is 15.1. The molecule has 0 bridgehead atoms. The normalized spacial score (nSPS) is 15.8. The third-order valence-corrected chi connectivity index (χ3v) is 6.04. The Morgan fingerprint density at radius 2 is 2.03 bits per heavy atom. The van der Waals surface area contributed by atoms with E-state index in [1.807, 2.05) is 0 Å². The van der Waals surface area contributed by atoms with Crippen LogP contribution < -0.4 is 5.32 Å². The summed E-state index contributed by atoms with van der Waals surface area (Å²) in [7, 11) is 0. The number of aromatic nitrogens is 5. The van der Waals surface area contributed by atoms with E-state index in [9.17, 15) is 0 Å². The van der Waals surface area contributed by atoms with Gasteiger partial charge in [0.05, 0.1) is 23.8 Å². The first-order valence-electron chi connectivity index (χ1n) is 10.7. The largest absolute Gasteiger partial charge is 0.360 e. The van der Waals surface area contributed by atoms with Gasteiger partial charge in [-0.1, -0.05) is 18.2 Å². The third kappa shape index (κ3) is 3.61. The minimum absolute atomic E-state index is 0.00440. The summed E-state index contributed by atoms with van der Waals surface area (Å²) < 4.78 is 0. The van der Waals surface area contributed by atoms with Gasteiger partial charge in [0.15, 0.2) is 11.5 Å². The van der Waals surface area contributed by atoms with Crippen LogP contribution in [0.1, 0.15) is 42.8 Å². The van der Waals surface area contributed by atoms with Crippen LogP contribution in [0.2, 0.25) is 0 Å². The summed E-state index contributed by atoms with van der Waals surface area (Å²) in [6.07, 6.45) is 6.79. The molecule has 5 rings (SSSR count). The standard InChI is InChI=1S/C23H27N7/c1-15-6-5-7-17-12-19(29-18(20(15)17)8-11-30-9-3-4-10-30)16(2)28-23-21-22(25-13-24-21)26-14-27-23/h5-7,12-14,16H,3-4,8-11H2,1-2H3,(H2,24,25,26,27,28). The Bertz CT molecular complexity index is 1180. The Morgan fingerprint density at radius 1 is 1.17 bits per heavy atom. The maximum atomic E-state index is 5.13. The lowest BCUT2D eigenvalue weighted by molar-refractivity contribution is 0.342. The van der Waals surface area contributed by atoms with E-state index in [-0.39, 0.29) is 6.04 Å². The van der Waals surface area contributed by atoms with Crippen LogP contribution >= 0.6 is 0 Å². The number of nitrogens with zero attached hydrogens (tertiary/aromatic N) is 5. The molecule has 0 aliphatic carbocycles. The fraction of sp³-hybridized carbons (Fsp3) is 0.391. The van der Waals surface area contributed by atoms with E-state index in [0.29, 0.717) is 0 Å². The summed E-state index contributed by atoms with van der Waals surface area (Å²) in [4.78, 5) is 23.7. The van der Waals surface area contributed by atoms with Crippen LogP contribution in [0.15, 0.2) is 36.9 Å². The second kappa shape index (κ2) is 7.99. The molecule has 1 aliphatic heterocycles. The van der Waals surface area contributed by atoms with Crippen molar-refractivity contribution in [3.8, 4) is 0 Å². The number of hydrogen-bond acceptors (Lipinski definition) is 6. The van der Waals surface area contributed by atoms with E-state index in [4.69, 9.17) is 4.98 Å². The fourth-order valence-corrected chi connectivity index (χ4v) is 4.43. The summed E-state index contributed by atoms with van der Waals surface area (Å²) in [6.45, 7) is 7.79. The Morgan fingerprint density at radius 3 is 2.90 bits per heavy atom. The number of fused-ring (bicyclic) bond motifs is 2. The number of aromatic amines is 1. The number of anilines is 1. The summed E-state index contributed by atoms with van der Waals surface area (Å²) in [6, 6.07) is 8.69. The van der Waals surface area contributed by atoms with Gasteiger partial charge < -0.3 is 15.2 Å². The Labute approximate surface area is 176 Å². The minimum atomic E-state index is -0.00440. The molecule has 0 saturated carbocycles. The molecule has 0 radical (unpaired) electrons. The molecule has 7 heteroatoms. The highest BCUT2D eigenvalue weighted by Gasteiger charge is 2.17. The SMILES string of the molecule is Cc1cccc2cc(C(C)Nc3ncnc4[nH]cnc34)nc(CCN3CCCC3)c12. The highest BCUT2D eigenvalue weighted by Crippen LogP contribution is 2.27. The molecule has 30 heavy (non-hydrogen) atoms. The van der Waals surface area contributed by atoms with Gasteiger partial charge in [-0.05, 0) is 56.8 Å². The average molecular weight is 402 g/mol. The molecule has 2 N–H and O–H groups in total. The molecule has 1 atom stereocenters. The van der Waals surface area contributed by atoms with Crippen molar-refractivity contribution in [3.05, 3.63) is 53.9 Å². The fourth-order valence-electron chi connectivity index (χ4n) is 4.43. The third-order valence-electron chi connectivity index (χ3n) is 6.04. The topological polar surface area (TPSA) is 82.6 Å². The minimum Gasteiger partial charge on any atom is -0.360 e. The zero-order chi connectivity index (χ0) is 20.5. The number of benzene rings is 1. The van der Waals surface area contributed by atoms with Gasteiger partial charge in [0.25, 0.3) is 0 Å². The van der Waals surface area contributed by atoms with Gasteiger partial charge in [-0.15, -0.1) is 0 Å². The van der Waals surface area contributed by atoms with Crippen molar-refractivity contribution < 1.29 is 0 Å². The van der Waals surface area contributed by atoms with Crippen LogP contribution in [-0.2, 0) is 6.42 Å². The van der Waals surface area contributed by atoms with E-state index in [1.54, 1.807) is 12.7 Å². The Balaban J connectivity index is 1.48. The number of imidazole rings is 1. The number of aryl methyl sites for hydroxylation is 1.